The third-order valence-electron chi connectivity index (χ3n) is 2.47. The van der Waals surface area contributed by atoms with Crippen molar-refractivity contribution in [3.8, 4) is 0 Å². The minimum atomic E-state index is -0.218. The molecule has 1 aromatic rings. The van der Waals surface area contributed by atoms with Gasteiger partial charge in [-0.25, -0.2) is 0 Å². The number of amides is 1. The number of rotatable bonds is 5. The average molecular weight is 205 g/mol. The molecule has 82 valence electrons. The highest BCUT2D eigenvalue weighted by Gasteiger charge is 2.15. The van der Waals surface area contributed by atoms with E-state index in [0.717, 1.165) is 6.42 Å². The van der Waals surface area contributed by atoms with Gasteiger partial charge in [-0.2, -0.15) is 0 Å². The topological polar surface area (TPSA) is 43.1 Å². The van der Waals surface area contributed by atoms with Gasteiger partial charge in [-0.15, -0.1) is 0 Å². The molecule has 2 N–H and O–H groups in total. The molecule has 1 aromatic carbocycles. The fourth-order valence-electron chi connectivity index (χ4n) is 1.87. The van der Waals surface area contributed by atoms with Crippen LogP contribution in [0.4, 0.5) is 0 Å². The summed E-state index contributed by atoms with van der Waals surface area (Å²) in [6, 6.07) is 10.1. The van der Waals surface area contributed by atoms with Gasteiger partial charge in [-0.05, 0) is 23.8 Å². The number of benzene rings is 1. The van der Waals surface area contributed by atoms with Gasteiger partial charge in [0.25, 0.3) is 0 Å². The molecule has 15 heavy (non-hydrogen) atoms. The molecule has 0 aliphatic rings. The van der Waals surface area contributed by atoms with Crippen LogP contribution >= 0.6 is 0 Å². The monoisotopic (exact) mass is 205 g/mol. The number of hydrogen-bond donors (Lipinski definition) is 1. The van der Waals surface area contributed by atoms with Gasteiger partial charge >= 0.3 is 0 Å². The van der Waals surface area contributed by atoms with Crippen molar-refractivity contribution >= 4 is 5.91 Å². The van der Waals surface area contributed by atoms with Crippen LogP contribution < -0.4 is 5.73 Å². The van der Waals surface area contributed by atoms with E-state index in [1.807, 2.05) is 18.2 Å². The zero-order valence-electron chi connectivity index (χ0n) is 9.44. The van der Waals surface area contributed by atoms with Crippen LogP contribution in [-0.2, 0) is 4.79 Å². The van der Waals surface area contributed by atoms with Gasteiger partial charge in [0.1, 0.15) is 0 Å². The molecular weight excluding hydrogens is 186 g/mol. The molecule has 2 nitrogen and oxygen atoms in total. The maximum atomic E-state index is 11.0. The van der Waals surface area contributed by atoms with E-state index in [1.165, 1.54) is 5.56 Å². The number of nitrogens with two attached hydrogens (primary N) is 1. The van der Waals surface area contributed by atoms with E-state index in [9.17, 15) is 4.79 Å². The Hall–Kier alpha value is -1.31. The number of hydrogen-bond acceptors (Lipinski definition) is 1. The van der Waals surface area contributed by atoms with Gasteiger partial charge in [0.2, 0.25) is 5.91 Å². The highest BCUT2D eigenvalue weighted by Crippen LogP contribution is 2.26. The van der Waals surface area contributed by atoms with Crippen molar-refractivity contribution in [2.75, 3.05) is 0 Å². The van der Waals surface area contributed by atoms with Gasteiger partial charge in [-0.1, -0.05) is 44.2 Å². The second-order valence-corrected chi connectivity index (χ2v) is 4.41. The summed E-state index contributed by atoms with van der Waals surface area (Å²) in [4.78, 5) is 11.0. The quantitative estimate of drug-likeness (QED) is 0.789. The Kier molecular flexibility index (Phi) is 4.35. The van der Waals surface area contributed by atoms with Crippen molar-refractivity contribution in [1.82, 2.24) is 0 Å². The van der Waals surface area contributed by atoms with Crippen molar-refractivity contribution in [2.45, 2.75) is 32.6 Å². The predicted molar refractivity (Wildman–Crippen MR) is 62.4 cm³/mol. The fourth-order valence-corrected chi connectivity index (χ4v) is 1.87. The standard InChI is InChI=1S/C13H19NO/c1-10(2)8-12(9-13(14)15)11-6-4-3-5-7-11/h3-7,10,12H,8-9H2,1-2H3,(H2,14,15). The molecule has 1 unspecified atom stereocenters. The van der Waals surface area contributed by atoms with Crippen LogP contribution in [-0.4, -0.2) is 5.91 Å². The lowest BCUT2D eigenvalue weighted by atomic mass is 9.88. The largest absolute Gasteiger partial charge is 0.370 e. The third kappa shape index (κ3) is 4.15. The summed E-state index contributed by atoms with van der Waals surface area (Å²) < 4.78 is 0. The normalized spacial score (nSPS) is 12.7. The Balaban J connectivity index is 2.76. The minimum absolute atomic E-state index is 0.218. The minimum Gasteiger partial charge on any atom is -0.370 e. The van der Waals surface area contributed by atoms with Crippen molar-refractivity contribution in [3.63, 3.8) is 0 Å². The fraction of sp³-hybridized carbons (Fsp3) is 0.462. The van der Waals surface area contributed by atoms with Gasteiger partial charge in [-0.3, -0.25) is 4.79 Å². The number of carbonyl (C=O) groups excluding carboxylic acids is 1. The molecule has 0 aromatic heterocycles. The summed E-state index contributed by atoms with van der Waals surface area (Å²) in [6.45, 7) is 4.33. The molecule has 1 amide bonds. The smallest absolute Gasteiger partial charge is 0.218 e. The lowest BCUT2D eigenvalue weighted by Crippen LogP contribution is -2.16. The molecular formula is C13H19NO. The van der Waals surface area contributed by atoms with Crippen molar-refractivity contribution in [2.24, 2.45) is 11.7 Å². The summed E-state index contributed by atoms with van der Waals surface area (Å²) in [5.41, 5.74) is 6.48. The molecule has 0 aliphatic heterocycles. The van der Waals surface area contributed by atoms with Crippen LogP contribution in [0.15, 0.2) is 30.3 Å². The molecule has 0 fully saturated rings. The molecule has 1 rings (SSSR count). The lowest BCUT2D eigenvalue weighted by molar-refractivity contribution is -0.118. The van der Waals surface area contributed by atoms with E-state index < -0.39 is 0 Å². The van der Waals surface area contributed by atoms with E-state index in [0.29, 0.717) is 12.3 Å². The Morgan fingerprint density at radius 2 is 1.87 bits per heavy atom. The molecule has 0 saturated heterocycles. The molecule has 0 aliphatic carbocycles. The molecule has 1 atom stereocenters. The van der Waals surface area contributed by atoms with E-state index >= 15 is 0 Å². The zero-order chi connectivity index (χ0) is 11.3. The summed E-state index contributed by atoms with van der Waals surface area (Å²) >= 11 is 0. The molecule has 2 heteroatoms. The third-order valence-corrected chi connectivity index (χ3v) is 2.47. The van der Waals surface area contributed by atoms with Crippen LogP contribution in [0.5, 0.6) is 0 Å². The second-order valence-electron chi connectivity index (χ2n) is 4.41. The zero-order valence-corrected chi connectivity index (χ0v) is 9.44. The Morgan fingerprint density at radius 3 is 2.33 bits per heavy atom. The van der Waals surface area contributed by atoms with Crippen LogP contribution in [0.25, 0.3) is 0 Å². The summed E-state index contributed by atoms with van der Waals surface area (Å²) in [6.07, 6.45) is 1.45. The first kappa shape index (κ1) is 11.8. The van der Waals surface area contributed by atoms with Gasteiger partial charge in [0.15, 0.2) is 0 Å². The molecule has 0 heterocycles. The molecule has 0 saturated carbocycles. The van der Waals surface area contributed by atoms with Crippen LogP contribution in [0.3, 0.4) is 0 Å². The lowest BCUT2D eigenvalue weighted by Gasteiger charge is -2.17. The highest BCUT2D eigenvalue weighted by atomic mass is 16.1. The SMILES string of the molecule is CC(C)CC(CC(N)=O)c1ccccc1. The Bertz CT molecular complexity index is 306. The number of carbonyl (C=O) groups is 1. The number of primary amides is 1. The van der Waals surface area contributed by atoms with E-state index in [4.69, 9.17) is 5.73 Å². The maximum absolute atomic E-state index is 11.0. The first-order chi connectivity index (χ1) is 7.09. The van der Waals surface area contributed by atoms with Crippen LogP contribution in [0, 0.1) is 5.92 Å². The van der Waals surface area contributed by atoms with Crippen LogP contribution in [0.2, 0.25) is 0 Å². The average Bonchev–Trinajstić information content (AvgIpc) is 2.17. The highest BCUT2D eigenvalue weighted by molar-refractivity contribution is 5.74. The molecule has 0 radical (unpaired) electrons. The molecule has 0 bridgehead atoms. The van der Waals surface area contributed by atoms with Crippen LogP contribution in [0.1, 0.15) is 38.2 Å². The maximum Gasteiger partial charge on any atom is 0.218 e. The molecule has 0 spiro atoms. The predicted octanol–water partition coefficient (Wildman–Crippen LogP) is 2.69. The summed E-state index contributed by atoms with van der Waals surface area (Å²) in [5, 5.41) is 0. The van der Waals surface area contributed by atoms with Crippen molar-refractivity contribution in [1.29, 1.82) is 0 Å². The van der Waals surface area contributed by atoms with E-state index in [-0.39, 0.29) is 11.8 Å². The van der Waals surface area contributed by atoms with Crippen molar-refractivity contribution in [3.05, 3.63) is 35.9 Å². The van der Waals surface area contributed by atoms with Gasteiger partial charge in [0.05, 0.1) is 0 Å². The first-order valence-corrected chi connectivity index (χ1v) is 5.43. The van der Waals surface area contributed by atoms with E-state index in [1.54, 1.807) is 0 Å². The Morgan fingerprint density at radius 1 is 1.27 bits per heavy atom. The van der Waals surface area contributed by atoms with E-state index in [2.05, 4.69) is 26.0 Å². The first-order valence-electron chi connectivity index (χ1n) is 5.43. The Labute approximate surface area is 91.5 Å². The van der Waals surface area contributed by atoms with Gasteiger partial charge in [0, 0.05) is 6.42 Å². The second kappa shape index (κ2) is 5.54. The summed E-state index contributed by atoms with van der Waals surface area (Å²) in [5.74, 6) is 0.628. The summed E-state index contributed by atoms with van der Waals surface area (Å²) in [7, 11) is 0. The van der Waals surface area contributed by atoms with Crippen molar-refractivity contribution < 1.29 is 4.79 Å². The van der Waals surface area contributed by atoms with Gasteiger partial charge < -0.3 is 5.73 Å².